The molecule has 2 aromatic rings. The number of methoxy groups -OCH3 is 1. The molecule has 0 aliphatic rings. The Balaban J connectivity index is 2.64. The molecule has 0 saturated carbocycles. The zero-order chi connectivity index (χ0) is 14.0. The van der Waals surface area contributed by atoms with Crippen LogP contribution in [0.1, 0.15) is 10.4 Å². The average molecular weight is 264 g/mol. The van der Waals surface area contributed by atoms with Crippen LogP contribution in [-0.4, -0.2) is 18.2 Å². The summed E-state index contributed by atoms with van der Waals surface area (Å²) in [7, 11) is 1.37. The number of ether oxygens (including phenoxy) is 1. The van der Waals surface area contributed by atoms with Gasteiger partial charge in [-0.25, -0.2) is 13.6 Å². The molecule has 0 amide bonds. The summed E-state index contributed by atoms with van der Waals surface area (Å²) < 4.78 is 31.8. The number of carboxylic acid groups (broad SMARTS) is 1. The lowest BCUT2D eigenvalue weighted by molar-refractivity contribution is 0.0696. The molecular weight excluding hydrogens is 254 g/mol. The highest BCUT2D eigenvalue weighted by molar-refractivity contribution is 5.90. The van der Waals surface area contributed by atoms with Gasteiger partial charge in [0.25, 0.3) is 0 Å². The van der Waals surface area contributed by atoms with Gasteiger partial charge in [-0.2, -0.15) is 0 Å². The number of carboxylic acids is 1. The number of benzene rings is 2. The summed E-state index contributed by atoms with van der Waals surface area (Å²) in [6, 6.07) is 7.02. The zero-order valence-corrected chi connectivity index (χ0v) is 9.98. The molecule has 1 N–H and O–H groups in total. The highest BCUT2D eigenvalue weighted by atomic mass is 19.1. The molecular formula is C14H10F2O3. The molecule has 2 aromatic carbocycles. The van der Waals surface area contributed by atoms with Crippen molar-refractivity contribution in [2.24, 2.45) is 0 Å². The maximum absolute atomic E-state index is 13.7. The Labute approximate surface area is 108 Å². The molecule has 0 heterocycles. The molecule has 0 atom stereocenters. The van der Waals surface area contributed by atoms with Crippen molar-refractivity contribution in [3.63, 3.8) is 0 Å². The predicted octanol–water partition coefficient (Wildman–Crippen LogP) is 3.34. The molecule has 2 rings (SSSR count). The van der Waals surface area contributed by atoms with Gasteiger partial charge in [0.05, 0.1) is 12.7 Å². The van der Waals surface area contributed by atoms with Crippen LogP contribution in [0.25, 0.3) is 11.1 Å². The number of carbonyl (C=O) groups is 1. The standard InChI is InChI=1S/C14H10F2O3/c1-19-11-5-8(4-9(6-11)14(17)18)12-7-10(15)2-3-13(12)16/h2-7H,1H3,(H,17,18). The fourth-order valence-corrected chi connectivity index (χ4v) is 1.71. The van der Waals surface area contributed by atoms with Crippen LogP contribution in [0, 0.1) is 11.6 Å². The molecule has 0 aromatic heterocycles. The quantitative estimate of drug-likeness (QED) is 0.924. The van der Waals surface area contributed by atoms with Gasteiger partial charge in [-0.05, 0) is 42.0 Å². The normalized spacial score (nSPS) is 10.3. The van der Waals surface area contributed by atoms with E-state index in [-0.39, 0.29) is 22.4 Å². The Bertz CT molecular complexity index is 639. The van der Waals surface area contributed by atoms with Gasteiger partial charge < -0.3 is 9.84 Å². The molecule has 3 nitrogen and oxygen atoms in total. The molecule has 0 fully saturated rings. The number of halogens is 2. The van der Waals surface area contributed by atoms with E-state index >= 15 is 0 Å². The minimum absolute atomic E-state index is 0.0126. The van der Waals surface area contributed by atoms with Gasteiger partial charge in [0, 0.05) is 5.56 Å². The molecule has 98 valence electrons. The third-order valence-corrected chi connectivity index (χ3v) is 2.63. The summed E-state index contributed by atoms with van der Waals surface area (Å²) in [6.07, 6.45) is 0. The Kier molecular flexibility index (Phi) is 3.46. The second kappa shape index (κ2) is 5.06. The van der Waals surface area contributed by atoms with E-state index in [9.17, 15) is 13.6 Å². The van der Waals surface area contributed by atoms with Crippen LogP contribution in [0.4, 0.5) is 8.78 Å². The largest absolute Gasteiger partial charge is 0.497 e. The first-order chi connectivity index (χ1) is 9.01. The average Bonchev–Trinajstić information content (AvgIpc) is 2.40. The maximum atomic E-state index is 13.7. The smallest absolute Gasteiger partial charge is 0.335 e. The second-order valence-corrected chi connectivity index (χ2v) is 3.88. The third-order valence-electron chi connectivity index (χ3n) is 2.63. The van der Waals surface area contributed by atoms with E-state index in [1.807, 2.05) is 0 Å². The van der Waals surface area contributed by atoms with Crippen LogP contribution in [0.2, 0.25) is 0 Å². The van der Waals surface area contributed by atoms with E-state index < -0.39 is 17.6 Å². The minimum atomic E-state index is -1.17. The fraction of sp³-hybridized carbons (Fsp3) is 0.0714. The van der Waals surface area contributed by atoms with Crippen LogP contribution in [-0.2, 0) is 0 Å². The first kappa shape index (κ1) is 13.0. The van der Waals surface area contributed by atoms with Gasteiger partial charge in [-0.3, -0.25) is 0 Å². The third kappa shape index (κ3) is 2.70. The summed E-state index contributed by atoms with van der Waals surface area (Å²) in [6.45, 7) is 0. The summed E-state index contributed by atoms with van der Waals surface area (Å²) in [5, 5.41) is 8.98. The van der Waals surface area contributed by atoms with Crippen molar-refractivity contribution >= 4 is 5.97 Å². The predicted molar refractivity (Wildman–Crippen MR) is 65.3 cm³/mol. The van der Waals surface area contributed by atoms with E-state index in [0.717, 1.165) is 18.2 Å². The highest BCUT2D eigenvalue weighted by Gasteiger charge is 2.12. The lowest BCUT2D eigenvalue weighted by Gasteiger charge is -2.08. The zero-order valence-electron chi connectivity index (χ0n) is 9.98. The van der Waals surface area contributed by atoms with Crippen LogP contribution in [0.3, 0.4) is 0 Å². The van der Waals surface area contributed by atoms with Crippen molar-refractivity contribution in [1.29, 1.82) is 0 Å². The van der Waals surface area contributed by atoms with Gasteiger partial charge in [0.15, 0.2) is 0 Å². The number of rotatable bonds is 3. The minimum Gasteiger partial charge on any atom is -0.497 e. The Morgan fingerprint density at radius 3 is 2.53 bits per heavy atom. The van der Waals surface area contributed by atoms with Gasteiger partial charge in [-0.15, -0.1) is 0 Å². The molecule has 0 radical (unpaired) electrons. The van der Waals surface area contributed by atoms with Crippen molar-refractivity contribution in [2.45, 2.75) is 0 Å². The Morgan fingerprint density at radius 1 is 1.16 bits per heavy atom. The van der Waals surface area contributed by atoms with Crippen LogP contribution in [0.5, 0.6) is 5.75 Å². The molecule has 0 saturated heterocycles. The van der Waals surface area contributed by atoms with Gasteiger partial charge in [0.1, 0.15) is 17.4 Å². The van der Waals surface area contributed by atoms with Gasteiger partial charge in [0.2, 0.25) is 0 Å². The first-order valence-corrected chi connectivity index (χ1v) is 5.39. The van der Waals surface area contributed by atoms with Crippen LogP contribution >= 0.6 is 0 Å². The van der Waals surface area contributed by atoms with Crippen molar-refractivity contribution < 1.29 is 23.4 Å². The molecule has 19 heavy (non-hydrogen) atoms. The SMILES string of the molecule is COc1cc(C(=O)O)cc(-c2cc(F)ccc2F)c1. The summed E-state index contributed by atoms with van der Waals surface area (Å²) in [5.41, 5.74) is 0.174. The highest BCUT2D eigenvalue weighted by Crippen LogP contribution is 2.28. The van der Waals surface area contributed by atoms with Crippen LogP contribution in [0.15, 0.2) is 36.4 Å². The molecule has 0 aliphatic heterocycles. The number of aromatic carboxylic acids is 1. The molecule has 0 spiro atoms. The van der Waals surface area contributed by atoms with E-state index in [4.69, 9.17) is 9.84 Å². The summed E-state index contributed by atoms with van der Waals surface area (Å²) >= 11 is 0. The van der Waals surface area contributed by atoms with Gasteiger partial charge in [-0.1, -0.05) is 0 Å². The molecule has 0 unspecified atom stereocenters. The van der Waals surface area contributed by atoms with Crippen molar-refractivity contribution in [1.82, 2.24) is 0 Å². The van der Waals surface area contributed by atoms with Crippen molar-refractivity contribution in [3.8, 4) is 16.9 Å². The Morgan fingerprint density at radius 2 is 1.89 bits per heavy atom. The molecule has 5 heteroatoms. The van der Waals surface area contributed by atoms with E-state index in [1.54, 1.807) is 0 Å². The summed E-state index contributed by atoms with van der Waals surface area (Å²) in [4.78, 5) is 11.0. The van der Waals surface area contributed by atoms with Crippen LogP contribution < -0.4 is 4.74 Å². The summed E-state index contributed by atoms with van der Waals surface area (Å²) in [5.74, 6) is -2.14. The number of hydrogen-bond acceptors (Lipinski definition) is 2. The van der Waals surface area contributed by atoms with E-state index in [0.29, 0.717) is 0 Å². The Hall–Kier alpha value is -2.43. The monoisotopic (exact) mass is 264 g/mol. The fourth-order valence-electron chi connectivity index (χ4n) is 1.71. The van der Waals surface area contributed by atoms with Gasteiger partial charge >= 0.3 is 5.97 Å². The van der Waals surface area contributed by atoms with Crippen molar-refractivity contribution in [3.05, 3.63) is 53.6 Å². The topological polar surface area (TPSA) is 46.5 Å². The lowest BCUT2D eigenvalue weighted by Crippen LogP contribution is -1.98. The van der Waals surface area contributed by atoms with Crippen molar-refractivity contribution in [2.75, 3.05) is 7.11 Å². The van der Waals surface area contributed by atoms with E-state index in [2.05, 4.69) is 0 Å². The second-order valence-electron chi connectivity index (χ2n) is 3.88. The first-order valence-electron chi connectivity index (χ1n) is 5.39. The molecule has 0 aliphatic carbocycles. The number of hydrogen-bond donors (Lipinski definition) is 1. The molecule has 0 bridgehead atoms. The van der Waals surface area contributed by atoms with E-state index in [1.165, 1.54) is 25.3 Å². The maximum Gasteiger partial charge on any atom is 0.335 e. The lowest BCUT2D eigenvalue weighted by atomic mass is 10.0.